The SMILES string of the molecule is O=C(O)[C@@H]1CC(O)CN1C(=O)NCCc1ccccn1. The third kappa shape index (κ3) is 3.45. The first-order valence-corrected chi connectivity index (χ1v) is 6.43. The predicted molar refractivity (Wildman–Crippen MR) is 70.1 cm³/mol. The number of aromatic nitrogens is 1. The molecule has 1 fully saturated rings. The Kier molecular flexibility index (Phi) is 4.52. The molecule has 2 amide bonds. The standard InChI is InChI=1S/C13H17N3O4/c17-10-7-11(12(18)19)16(8-10)13(20)15-6-4-9-3-1-2-5-14-9/h1-3,5,10-11,17H,4,6-8H2,(H,15,20)(H,18,19)/t10?,11-/m0/s1. The Hall–Kier alpha value is -2.15. The van der Waals surface area contributed by atoms with Crippen molar-refractivity contribution in [3.8, 4) is 0 Å². The molecular weight excluding hydrogens is 262 g/mol. The van der Waals surface area contributed by atoms with Gasteiger partial charge in [-0.2, -0.15) is 0 Å². The van der Waals surface area contributed by atoms with Crippen molar-refractivity contribution >= 4 is 12.0 Å². The van der Waals surface area contributed by atoms with Crippen LogP contribution in [0.4, 0.5) is 4.79 Å². The number of urea groups is 1. The topological polar surface area (TPSA) is 103 Å². The second kappa shape index (κ2) is 6.33. The Bertz CT molecular complexity index is 480. The summed E-state index contributed by atoms with van der Waals surface area (Å²) in [6, 6.07) is 4.10. The van der Waals surface area contributed by atoms with E-state index in [0.29, 0.717) is 13.0 Å². The number of aliphatic hydroxyl groups is 1. The molecule has 7 heteroatoms. The van der Waals surface area contributed by atoms with Crippen LogP contribution >= 0.6 is 0 Å². The number of hydrogen-bond acceptors (Lipinski definition) is 4. The zero-order chi connectivity index (χ0) is 14.5. The van der Waals surface area contributed by atoms with E-state index in [1.165, 1.54) is 0 Å². The van der Waals surface area contributed by atoms with E-state index in [4.69, 9.17) is 5.11 Å². The monoisotopic (exact) mass is 279 g/mol. The number of rotatable bonds is 4. The molecule has 20 heavy (non-hydrogen) atoms. The van der Waals surface area contributed by atoms with E-state index in [-0.39, 0.29) is 13.0 Å². The highest BCUT2D eigenvalue weighted by Gasteiger charge is 2.38. The molecule has 1 saturated heterocycles. The van der Waals surface area contributed by atoms with Crippen LogP contribution in [0.3, 0.4) is 0 Å². The second-order valence-electron chi connectivity index (χ2n) is 4.70. The first kappa shape index (κ1) is 14.3. The summed E-state index contributed by atoms with van der Waals surface area (Å²) in [5, 5.41) is 21.1. The number of aliphatic hydroxyl groups excluding tert-OH is 1. The number of β-amino-alcohol motifs (C(OH)–C–C–N with tert-alkyl or cyclic N) is 1. The van der Waals surface area contributed by atoms with Gasteiger partial charge in [-0.05, 0) is 12.1 Å². The third-order valence-corrected chi connectivity index (χ3v) is 3.21. The van der Waals surface area contributed by atoms with E-state index in [1.54, 1.807) is 6.20 Å². The van der Waals surface area contributed by atoms with Gasteiger partial charge < -0.3 is 20.4 Å². The average Bonchev–Trinajstić information content (AvgIpc) is 2.82. The van der Waals surface area contributed by atoms with Gasteiger partial charge in [0.1, 0.15) is 6.04 Å². The maximum Gasteiger partial charge on any atom is 0.326 e. The van der Waals surface area contributed by atoms with Crippen molar-refractivity contribution in [2.75, 3.05) is 13.1 Å². The van der Waals surface area contributed by atoms with Crippen molar-refractivity contribution in [1.82, 2.24) is 15.2 Å². The van der Waals surface area contributed by atoms with Gasteiger partial charge in [0.15, 0.2) is 0 Å². The minimum absolute atomic E-state index is 0.0480. The van der Waals surface area contributed by atoms with Crippen molar-refractivity contribution in [2.24, 2.45) is 0 Å². The van der Waals surface area contributed by atoms with Crippen molar-refractivity contribution in [3.63, 3.8) is 0 Å². The average molecular weight is 279 g/mol. The van der Waals surface area contributed by atoms with Crippen LogP contribution in [-0.2, 0) is 11.2 Å². The number of carboxylic acids is 1. The molecule has 1 aromatic heterocycles. The lowest BCUT2D eigenvalue weighted by Gasteiger charge is -2.21. The summed E-state index contributed by atoms with van der Waals surface area (Å²) in [6.07, 6.45) is 1.54. The normalized spacial score (nSPS) is 21.8. The third-order valence-electron chi connectivity index (χ3n) is 3.21. The van der Waals surface area contributed by atoms with Gasteiger partial charge in [-0.3, -0.25) is 4.98 Å². The number of nitrogens with one attached hydrogen (secondary N) is 1. The van der Waals surface area contributed by atoms with Crippen molar-refractivity contribution in [2.45, 2.75) is 25.0 Å². The molecule has 0 aliphatic carbocycles. The van der Waals surface area contributed by atoms with Crippen molar-refractivity contribution in [3.05, 3.63) is 30.1 Å². The number of carbonyl (C=O) groups excluding carboxylic acids is 1. The number of hydrogen-bond donors (Lipinski definition) is 3. The highest BCUT2D eigenvalue weighted by atomic mass is 16.4. The van der Waals surface area contributed by atoms with Gasteiger partial charge in [-0.25, -0.2) is 9.59 Å². The fourth-order valence-corrected chi connectivity index (χ4v) is 2.22. The van der Waals surface area contributed by atoms with E-state index in [9.17, 15) is 14.7 Å². The molecule has 0 bridgehead atoms. The van der Waals surface area contributed by atoms with Gasteiger partial charge in [0.25, 0.3) is 0 Å². The zero-order valence-corrected chi connectivity index (χ0v) is 10.9. The van der Waals surface area contributed by atoms with Crippen LogP contribution in [0.2, 0.25) is 0 Å². The van der Waals surface area contributed by atoms with Gasteiger partial charge in [-0.15, -0.1) is 0 Å². The molecule has 1 aliphatic rings. The fraction of sp³-hybridized carbons (Fsp3) is 0.462. The Morgan fingerprint density at radius 2 is 2.25 bits per heavy atom. The van der Waals surface area contributed by atoms with Crippen molar-refractivity contribution < 1.29 is 19.8 Å². The summed E-state index contributed by atoms with van der Waals surface area (Å²) in [5.74, 6) is -1.10. The van der Waals surface area contributed by atoms with Crippen molar-refractivity contribution in [1.29, 1.82) is 0 Å². The molecule has 7 nitrogen and oxygen atoms in total. The van der Waals surface area contributed by atoms with Crippen LogP contribution in [0.1, 0.15) is 12.1 Å². The van der Waals surface area contributed by atoms with E-state index in [0.717, 1.165) is 10.6 Å². The molecule has 1 aliphatic heterocycles. The van der Waals surface area contributed by atoms with Gasteiger partial charge in [0, 0.05) is 37.8 Å². The summed E-state index contributed by atoms with van der Waals surface area (Å²) in [5.41, 5.74) is 0.851. The predicted octanol–water partition coefficient (Wildman–Crippen LogP) is -0.146. The summed E-state index contributed by atoms with van der Waals surface area (Å²) in [6.45, 7) is 0.418. The molecule has 0 spiro atoms. The molecule has 3 N–H and O–H groups in total. The molecule has 1 unspecified atom stereocenters. The molecule has 0 radical (unpaired) electrons. The van der Waals surface area contributed by atoms with Crippen LogP contribution in [0, 0.1) is 0 Å². The van der Waals surface area contributed by atoms with Gasteiger partial charge in [-0.1, -0.05) is 6.07 Å². The number of aliphatic carboxylic acids is 1. The Morgan fingerprint density at radius 1 is 1.45 bits per heavy atom. The van der Waals surface area contributed by atoms with E-state index in [1.807, 2.05) is 18.2 Å². The molecule has 108 valence electrons. The molecule has 2 rings (SSSR count). The molecule has 1 aromatic rings. The molecular formula is C13H17N3O4. The summed E-state index contributed by atoms with van der Waals surface area (Å²) in [7, 11) is 0. The fourth-order valence-electron chi connectivity index (χ4n) is 2.22. The summed E-state index contributed by atoms with van der Waals surface area (Å²) < 4.78 is 0. The summed E-state index contributed by atoms with van der Waals surface area (Å²) in [4.78, 5) is 28.2. The van der Waals surface area contributed by atoms with E-state index < -0.39 is 24.1 Å². The highest BCUT2D eigenvalue weighted by molar-refractivity contribution is 5.83. The van der Waals surface area contributed by atoms with Crippen LogP contribution in [0.25, 0.3) is 0 Å². The first-order valence-electron chi connectivity index (χ1n) is 6.43. The maximum atomic E-state index is 11.9. The lowest BCUT2D eigenvalue weighted by atomic mass is 10.2. The molecule has 0 aromatic carbocycles. The van der Waals surface area contributed by atoms with Crippen LogP contribution < -0.4 is 5.32 Å². The number of carbonyl (C=O) groups is 2. The quantitative estimate of drug-likeness (QED) is 0.711. The number of likely N-dealkylation sites (tertiary alicyclic amines) is 1. The molecule has 2 heterocycles. The zero-order valence-electron chi connectivity index (χ0n) is 10.9. The van der Waals surface area contributed by atoms with Crippen LogP contribution in [0.15, 0.2) is 24.4 Å². The van der Waals surface area contributed by atoms with E-state index >= 15 is 0 Å². The first-order chi connectivity index (χ1) is 9.58. The maximum absolute atomic E-state index is 11.9. The molecule has 0 saturated carbocycles. The lowest BCUT2D eigenvalue weighted by Crippen LogP contribution is -2.46. The van der Waals surface area contributed by atoms with Crippen LogP contribution in [-0.4, -0.2) is 57.3 Å². The number of nitrogens with zero attached hydrogens (tertiary/aromatic N) is 2. The smallest absolute Gasteiger partial charge is 0.326 e. The van der Waals surface area contributed by atoms with Gasteiger partial charge in [0.2, 0.25) is 0 Å². The lowest BCUT2D eigenvalue weighted by molar-refractivity contribution is -0.141. The van der Waals surface area contributed by atoms with E-state index in [2.05, 4.69) is 10.3 Å². The highest BCUT2D eigenvalue weighted by Crippen LogP contribution is 2.17. The Labute approximate surface area is 116 Å². The molecule has 2 atom stereocenters. The largest absolute Gasteiger partial charge is 0.480 e. The minimum Gasteiger partial charge on any atom is -0.480 e. The van der Waals surface area contributed by atoms with Crippen LogP contribution in [0.5, 0.6) is 0 Å². The number of amides is 2. The number of carboxylic acid groups (broad SMARTS) is 1. The minimum atomic E-state index is -1.10. The van der Waals surface area contributed by atoms with Gasteiger partial charge >= 0.3 is 12.0 Å². The Balaban J connectivity index is 1.84. The number of pyridine rings is 1. The second-order valence-corrected chi connectivity index (χ2v) is 4.70. The summed E-state index contributed by atoms with van der Waals surface area (Å²) >= 11 is 0. The Morgan fingerprint density at radius 3 is 2.90 bits per heavy atom. The van der Waals surface area contributed by atoms with Gasteiger partial charge in [0.05, 0.1) is 6.10 Å².